The van der Waals surface area contributed by atoms with Crippen LogP contribution in [-0.2, 0) is 4.79 Å². The quantitative estimate of drug-likeness (QED) is 0.407. The van der Waals surface area contributed by atoms with E-state index in [1.165, 1.54) is 11.0 Å². The van der Waals surface area contributed by atoms with Gasteiger partial charge in [0.05, 0.1) is 29.6 Å². The number of para-hydroxylation sites is 1. The number of rotatable bonds is 9. The number of phenolic OH excluding ortho intramolecular Hbond substituents is 1. The highest BCUT2D eigenvalue weighted by molar-refractivity contribution is 6.21. The highest BCUT2D eigenvalue weighted by Gasteiger charge is 2.34. The molecule has 1 amide bonds. The van der Waals surface area contributed by atoms with Gasteiger partial charge in [0, 0.05) is 19.7 Å². The Morgan fingerprint density at radius 3 is 2.53 bits per heavy atom. The maximum Gasteiger partial charge on any atom is 0.257 e. The van der Waals surface area contributed by atoms with Gasteiger partial charge in [-0.3, -0.25) is 9.59 Å². The van der Waals surface area contributed by atoms with Crippen LogP contribution in [-0.4, -0.2) is 42.4 Å². The number of anilines is 1. The van der Waals surface area contributed by atoms with Crippen molar-refractivity contribution < 1.29 is 19.4 Å². The molecule has 168 valence electrons. The molecule has 0 heterocycles. The average Bonchev–Trinajstić information content (AvgIpc) is 2.79. The number of carbonyl (C=O) groups is 2. The molecule has 0 radical (unpaired) electrons. The smallest absolute Gasteiger partial charge is 0.257 e. The molecule has 0 aromatic heterocycles. The molecular formula is C25H29N3O4. The predicted molar refractivity (Wildman–Crippen MR) is 125 cm³/mol. The van der Waals surface area contributed by atoms with Gasteiger partial charge in [-0.15, -0.1) is 0 Å². The Morgan fingerprint density at radius 2 is 1.88 bits per heavy atom. The van der Waals surface area contributed by atoms with Crippen molar-refractivity contribution in [2.24, 2.45) is 0 Å². The van der Waals surface area contributed by atoms with Gasteiger partial charge in [0.15, 0.2) is 5.75 Å². The van der Waals surface area contributed by atoms with Gasteiger partial charge in [-0.05, 0) is 43.2 Å². The van der Waals surface area contributed by atoms with E-state index in [9.17, 15) is 14.7 Å². The number of nitrogens with zero attached hydrogens (tertiary/aromatic N) is 1. The minimum Gasteiger partial charge on any atom is -0.505 e. The fourth-order valence-corrected chi connectivity index (χ4v) is 3.52. The monoisotopic (exact) mass is 435 g/mol. The van der Waals surface area contributed by atoms with Crippen LogP contribution in [0.15, 0.2) is 66.0 Å². The van der Waals surface area contributed by atoms with Crippen LogP contribution >= 0.6 is 0 Å². The van der Waals surface area contributed by atoms with Gasteiger partial charge in [0.25, 0.3) is 5.91 Å². The molecule has 1 aliphatic rings. The SMILES string of the molecule is C=C1C(=O)C(Nc2cccc(C(=O)N(C)C)c2O)=C1NC(CC)c1cccc(OCC)c1. The number of Topliss-reactive ketones (excluding diaryl/α,β-unsaturated/α-hetero) is 1. The zero-order chi connectivity index (χ0) is 23.4. The number of hydrogen-bond donors (Lipinski definition) is 3. The molecule has 3 N–H and O–H groups in total. The van der Waals surface area contributed by atoms with Crippen LogP contribution < -0.4 is 15.4 Å². The van der Waals surface area contributed by atoms with Crippen molar-refractivity contribution in [2.45, 2.75) is 26.3 Å². The first-order valence-electron chi connectivity index (χ1n) is 10.6. The van der Waals surface area contributed by atoms with Gasteiger partial charge in [-0.25, -0.2) is 0 Å². The first-order valence-corrected chi connectivity index (χ1v) is 10.6. The molecule has 1 atom stereocenters. The van der Waals surface area contributed by atoms with Crippen molar-refractivity contribution in [1.82, 2.24) is 10.2 Å². The van der Waals surface area contributed by atoms with Crippen LogP contribution in [0.3, 0.4) is 0 Å². The highest BCUT2D eigenvalue weighted by Crippen LogP contribution is 2.35. The third kappa shape index (κ3) is 4.46. The van der Waals surface area contributed by atoms with Gasteiger partial charge in [0.2, 0.25) is 5.78 Å². The number of carbonyl (C=O) groups excluding carboxylic acids is 2. The minimum atomic E-state index is -0.331. The van der Waals surface area contributed by atoms with E-state index in [1.54, 1.807) is 26.2 Å². The Bertz CT molecular complexity index is 1090. The molecule has 32 heavy (non-hydrogen) atoms. The summed E-state index contributed by atoms with van der Waals surface area (Å²) in [7, 11) is 3.22. The summed E-state index contributed by atoms with van der Waals surface area (Å²) in [6.45, 7) is 8.44. The second-order valence-electron chi connectivity index (χ2n) is 7.69. The summed E-state index contributed by atoms with van der Waals surface area (Å²) < 4.78 is 5.60. The Kier molecular flexibility index (Phi) is 6.88. The number of nitrogens with one attached hydrogen (secondary N) is 2. The standard InChI is InChI=1S/C25H29N3O4/c1-6-19(16-10-8-11-17(14-16)32-7-2)26-21-15(3)23(29)22(21)27-20-13-9-12-18(24(20)30)25(31)28(4)5/h8-14,19,26-27,30H,3,6-7H2,1-2,4-5H3. The van der Waals surface area contributed by atoms with Crippen molar-refractivity contribution in [3.63, 3.8) is 0 Å². The van der Waals surface area contributed by atoms with E-state index in [0.717, 1.165) is 17.7 Å². The highest BCUT2D eigenvalue weighted by atomic mass is 16.5. The summed E-state index contributed by atoms with van der Waals surface area (Å²) in [6.07, 6.45) is 0.770. The lowest BCUT2D eigenvalue weighted by atomic mass is 9.91. The molecule has 0 aliphatic heterocycles. The first kappa shape index (κ1) is 22.9. The predicted octanol–water partition coefficient (Wildman–Crippen LogP) is 4.00. The van der Waals surface area contributed by atoms with E-state index in [1.807, 2.05) is 38.1 Å². The van der Waals surface area contributed by atoms with Crippen molar-refractivity contribution >= 4 is 17.4 Å². The first-order chi connectivity index (χ1) is 15.3. The molecule has 7 heteroatoms. The zero-order valence-electron chi connectivity index (χ0n) is 18.9. The van der Waals surface area contributed by atoms with Crippen LogP contribution in [0.5, 0.6) is 11.5 Å². The second kappa shape index (κ2) is 9.60. The van der Waals surface area contributed by atoms with E-state index in [2.05, 4.69) is 17.2 Å². The third-order valence-electron chi connectivity index (χ3n) is 5.28. The third-order valence-corrected chi connectivity index (χ3v) is 5.28. The van der Waals surface area contributed by atoms with Gasteiger partial charge in [0.1, 0.15) is 11.4 Å². The average molecular weight is 436 g/mol. The van der Waals surface area contributed by atoms with Crippen LogP contribution in [0, 0.1) is 0 Å². The molecule has 1 aliphatic carbocycles. The normalized spacial score (nSPS) is 14.0. The molecule has 0 bridgehead atoms. The number of phenols is 1. The largest absolute Gasteiger partial charge is 0.505 e. The Balaban J connectivity index is 1.89. The molecule has 1 unspecified atom stereocenters. The summed E-state index contributed by atoms with van der Waals surface area (Å²) in [5.41, 5.74) is 2.72. The number of hydrogen-bond acceptors (Lipinski definition) is 6. The Hall–Kier alpha value is -3.74. The molecule has 0 saturated carbocycles. The lowest BCUT2D eigenvalue weighted by Crippen LogP contribution is -2.36. The number of benzene rings is 2. The van der Waals surface area contributed by atoms with Gasteiger partial charge >= 0.3 is 0 Å². The fourth-order valence-electron chi connectivity index (χ4n) is 3.52. The summed E-state index contributed by atoms with van der Waals surface area (Å²) in [6, 6.07) is 12.6. The number of allylic oxidation sites excluding steroid dienone is 2. The molecule has 0 saturated heterocycles. The van der Waals surface area contributed by atoms with Gasteiger partial charge in [-0.1, -0.05) is 31.7 Å². The molecular weight excluding hydrogens is 406 g/mol. The van der Waals surface area contributed by atoms with Crippen LogP contribution in [0.25, 0.3) is 0 Å². The van der Waals surface area contributed by atoms with Crippen LogP contribution in [0.4, 0.5) is 5.69 Å². The Labute approximate surface area is 188 Å². The van der Waals surface area contributed by atoms with Gasteiger partial charge in [-0.2, -0.15) is 0 Å². The second-order valence-corrected chi connectivity index (χ2v) is 7.69. The van der Waals surface area contributed by atoms with Crippen molar-refractivity contribution in [3.05, 3.63) is 77.1 Å². The Morgan fingerprint density at radius 1 is 1.16 bits per heavy atom. The van der Waals surface area contributed by atoms with Crippen molar-refractivity contribution in [1.29, 1.82) is 0 Å². The number of aromatic hydroxyl groups is 1. The van der Waals surface area contributed by atoms with E-state index < -0.39 is 0 Å². The number of ether oxygens (including phenoxy) is 1. The molecule has 3 rings (SSSR count). The summed E-state index contributed by atoms with van der Waals surface area (Å²) in [5.74, 6) is 0.00502. The lowest BCUT2D eigenvalue weighted by molar-refractivity contribution is -0.113. The van der Waals surface area contributed by atoms with E-state index in [0.29, 0.717) is 23.6 Å². The number of amides is 1. The molecule has 2 aromatic rings. The zero-order valence-corrected chi connectivity index (χ0v) is 18.9. The molecule has 0 fully saturated rings. The molecule has 2 aromatic carbocycles. The van der Waals surface area contributed by atoms with E-state index in [-0.39, 0.29) is 34.7 Å². The molecule has 0 spiro atoms. The lowest BCUT2D eigenvalue weighted by Gasteiger charge is -2.31. The molecule has 7 nitrogen and oxygen atoms in total. The van der Waals surface area contributed by atoms with Crippen molar-refractivity contribution in [3.8, 4) is 11.5 Å². The summed E-state index contributed by atoms with van der Waals surface area (Å²) in [5, 5.41) is 17.0. The van der Waals surface area contributed by atoms with Crippen LogP contribution in [0.2, 0.25) is 0 Å². The van der Waals surface area contributed by atoms with E-state index in [4.69, 9.17) is 4.74 Å². The summed E-state index contributed by atoms with van der Waals surface area (Å²) >= 11 is 0. The maximum absolute atomic E-state index is 12.5. The minimum absolute atomic E-state index is 0.0673. The van der Waals surface area contributed by atoms with Gasteiger partial charge < -0.3 is 25.4 Å². The topological polar surface area (TPSA) is 90.9 Å². The number of ketones is 1. The fraction of sp³-hybridized carbons (Fsp3) is 0.280. The summed E-state index contributed by atoms with van der Waals surface area (Å²) in [4.78, 5) is 26.2. The van der Waals surface area contributed by atoms with Crippen LogP contribution in [0.1, 0.15) is 42.2 Å². The van der Waals surface area contributed by atoms with Crippen molar-refractivity contribution in [2.75, 3.05) is 26.0 Å². The maximum atomic E-state index is 12.5. The van der Waals surface area contributed by atoms with E-state index >= 15 is 0 Å².